The maximum Gasteiger partial charge on any atom is 0.122 e. The molecule has 0 aliphatic carbocycles. The molecular weight excluding hydrogens is 314 g/mol. The fourth-order valence-corrected chi connectivity index (χ4v) is 2.90. The van der Waals surface area contributed by atoms with Crippen LogP contribution in [0.2, 0.25) is 0 Å². The summed E-state index contributed by atoms with van der Waals surface area (Å²) in [6.45, 7) is 4.21. The minimum atomic E-state index is -0.0289. The summed E-state index contributed by atoms with van der Waals surface area (Å²) in [5.41, 5.74) is 11.2. The molecule has 2 N–H and O–H groups in total. The quantitative estimate of drug-likeness (QED) is 0.904. The monoisotopic (exact) mass is 333 g/mol. The number of ether oxygens (including phenoxy) is 1. The third-order valence-electron chi connectivity index (χ3n) is 3.51. The molecule has 2 rings (SSSR count). The zero-order valence-corrected chi connectivity index (χ0v) is 13.7. The Balaban J connectivity index is 2.27. The fourth-order valence-electron chi connectivity index (χ4n) is 2.50. The largest absolute Gasteiger partial charge is 0.496 e. The van der Waals surface area contributed by atoms with Crippen LogP contribution in [0.3, 0.4) is 0 Å². The molecule has 0 radical (unpaired) electrons. The van der Waals surface area contributed by atoms with E-state index in [0.29, 0.717) is 0 Å². The Hall–Kier alpha value is -1.32. The lowest BCUT2D eigenvalue weighted by molar-refractivity contribution is 0.408. The van der Waals surface area contributed by atoms with Gasteiger partial charge in [0.1, 0.15) is 5.75 Å². The molecule has 1 unspecified atom stereocenters. The van der Waals surface area contributed by atoms with Gasteiger partial charge < -0.3 is 10.5 Å². The van der Waals surface area contributed by atoms with E-state index in [2.05, 4.69) is 54.0 Å². The lowest BCUT2D eigenvalue weighted by atomic mass is 9.94. The Morgan fingerprint density at radius 2 is 1.90 bits per heavy atom. The predicted molar refractivity (Wildman–Crippen MR) is 87.2 cm³/mol. The molecule has 106 valence electrons. The molecule has 0 spiro atoms. The number of aryl methyl sites for hydroxylation is 2. The number of nitrogens with two attached hydrogens (primary N) is 1. The van der Waals surface area contributed by atoms with Crippen molar-refractivity contribution in [2.75, 3.05) is 7.11 Å². The normalized spacial score (nSPS) is 12.2. The Bertz CT molecular complexity index is 610. The molecule has 0 aromatic heterocycles. The van der Waals surface area contributed by atoms with E-state index >= 15 is 0 Å². The average molecular weight is 334 g/mol. The third kappa shape index (κ3) is 3.41. The molecule has 3 heteroatoms. The van der Waals surface area contributed by atoms with Gasteiger partial charge in [0.25, 0.3) is 0 Å². The number of hydrogen-bond acceptors (Lipinski definition) is 2. The van der Waals surface area contributed by atoms with E-state index in [1.807, 2.05) is 12.1 Å². The van der Waals surface area contributed by atoms with Crippen LogP contribution < -0.4 is 10.5 Å². The highest BCUT2D eigenvalue weighted by molar-refractivity contribution is 9.10. The molecule has 2 aromatic carbocycles. The maximum absolute atomic E-state index is 6.38. The van der Waals surface area contributed by atoms with E-state index < -0.39 is 0 Å². The minimum absolute atomic E-state index is 0.0289. The smallest absolute Gasteiger partial charge is 0.122 e. The molecule has 20 heavy (non-hydrogen) atoms. The van der Waals surface area contributed by atoms with Gasteiger partial charge in [-0.05, 0) is 55.2 Å². The van der Waals surface area contributed by atoms with Crippen LogP contribution >= 0.6 is 15.9 Å². The molecule has 0 aliphatic heterocycles. The maximum atomic E-state index is 6.38. The SMILES string of the molecule is COc1ccc(Br)cc1CC(N)c1ccc(C)cc1C. The first kappa shape index (κ1) is 15.1. The van der Waals surface area contributed by atoms with Gasteiger partial charge in [-0.3, -0.25) is 0 Å². The van der Waals surface area contributed by atoms with Gasteiger partial charge in [-0.25, -0.2) is 0 Å². The van der Waals surface area contributed by atoms with Crippen molar-refractivity contribution in [3.63, 3.8) is 0 Å². The zero-order valence-electron chi connectivity index (χ0n) is 12.1. The third-order valence-corrected chi connectivity index (χ3v) is 4.00. The van der Waals surface area contributed by atoms with Crippen LogP contribution in [0.1, 0.15) is 28.3 Å². The standard InChI is InChI=1S/C17H20BrNO/c1-11-4-6-15(12(2)8-11)16(19)10-13-9-14(18)5-7-17(13)20-3/h4-9,16H,10,19H2,1-3H3. The van der Waals surface area contributed by atoms with E-state index in [9.17, 15) is 0 Å². The summed E-state index contributed by atoms with van der Waals surface area (Å²) in [6.07, 6.45) is 0.756. The summed E-state index contributed by atoms with van der Waals surface area (Å²) in [4.78, 5) is 0. The Morgan fingerprint density at radius 3 is 2.55 bits per heavy atom. The van der Waals surface area contributed by atoms with Crippen molar-refractivity contribution in [2.45, 2.75) is 26.3 Å². The predicted octanol–water partition coefficient (Wildman–Crippen LogP) is 4.32. The number of benzene rings is 2. The van der Waals surface area contributed by atoms with E-state index in [1.165, 1.54) is 16.7 Å². The fraction of sp³-hybridized carbons (Fsp3) is 0.294. The summed E-state index contributed by atoms with van der Waals surface area (Å²) in [5.74, 6) is 0.883. The molecule has 0 saturated carbocycles. The topological polar surface area (TPSA) is 35.2 Å². The van der Waals surface area contributed by atoms with Gasteiger partial charge in [-0.15, -0.1) is 0 Å². The van der Waals surface area contributed by atoms with Crippen molar-refractivity contribution in [3.05, 3.63) is 63.1 Å². The van der Waals surface area contributed by atoms with Gasteiger partial charge in [0.05, 0.1) is 7.11 Å². The van der Waals surface area contributed by atoms with Gasteiger partial charge in [0.15, 0.2) is 0 Å². The van der Waals surface area contributed by atoms with Gasteiger partial charge in [-0.1, -0.05) is 39.7 Å². The molecule has 0 bridgehead atoms. The van der Waals surface area contributed by atoms with Crippen molar-refractivity contribution in [2.24, 2.45) is 5.73 Å². The van der Waals surface area contributed by atoms with Crippen LogP contribution in [0.15, 0.2) is 40.9 Å². The second-order valence-electron chi connectivity index (χ2n) is 5.13. The van der Waals surface area contributed by atoms with E-state index in [1.54, 1.807) is 7.11 Å². The summed E-state index contributed by atoms with van der Waals surface area (Å²) < 4.78 is 6.45. The molecule has 0 heterocycles. The second-order valence-corrected chi connectivity index (χ2v) is 6.04. The molecular formula is C17H20BrNO. The second kappa shape index (κ2) is 6.42. The lowest BCUT2D eigenvalue weighted by Crippen LogP contribution is -2.15. The summed E-state index contributed by atoms with van der Waals surface area (Å²) in [6, 6.07) is 12.4. The molecule has 1 atom stereocenters. The van der Waals surface area contributed by atoms with E-state index in [0.717, 1.165) is 22.2 Å². The van der Waals surface area contributed by atoms with Gasteiger partial charge in [0, 0.05) is 10.5 Å². The Kier molecular flexibility index (Phi) is 4.84. The highest BCUT2D eigenvalue weighted by Crippen LogP contribution is 2.28. The van der Waals surface area contributed by atoms with Crippen LogP contribution in [-0.4, -0.2) is 7.11 Å². The zero-order chi connectivity index (χ0) is 14.7. The molecule has 0 saturated heterocycles. The van der Waals surface area contributed by atoms with Crippen molar-refractivity contribution in [3.8, 4) is 5.75 Å². The molecule has 0 amide bonds. The van der Waals surface area contributed by atoms with Crippen LogP contribution in [0.4, 0.5) is 0 Å². The van der Waals surface area contributed by atoms with Crippen LogP contribution in [0.5, 0.6) is 5.75 Å². The molecule has 2 nitrogen and oxygen atoms in total. The number of hydrogen-bond donors (Lipinski definition) is 1. The van der Waals surface area contributed by atoms with Crippen LogP contribution in [0, 0.1) is 13.8 Å². The lowest BCUT2D eigenvalue weighted by Gasteiger charge is -2.17. The summed E-state index contributed by atoms with van der Waals surface area (Å²) in [5, 5.41) is 0. The van der Waals surface area contributed by atoms with E-state index in [4.69, 9.17) is 10.5 Å². The highest BCUT2D eigenvalue weighted by Gasteiger charge is 2.13. The number of halogens is 1. The van der Waals surface area contributed by atoms with Crippen molar-refractivity contribution < 1.29 is 4.74 Å². The van der Waals surface area contributed by atoms with Crippen LogP contribution in [-0.2, 0) is 6.42 Å². The first-order chi connectivity index (χ1) is 9.51. The summed E-state index contributed by atoms with van der Waals surface area (Å²) in [7, 11) is 1.69. The average Bonchev–Trinajstić information content (AvgIpc) is 2.38. The Morgan fingerprint density at radius 1 is 1.15 bits per heavy atom. The first-order valence-corrected chi connectivity index (χ1v) is 7.45. The van der Waals surface area contributed by atoms with Crippen LogP contribution in [0.25, 0.3) is 0 Å². The van der Waals surface area contributed by atoms with Crippen molar-refractivity contribution in [1.82, 2.24) is 0 Å². The van der Waals surface area contributed by atoms with Gasteiger partial charge >= 0.3 is 0 Å². The minimum Gasteiger partial charge on any atom is -0.496 e. The molecule has 0 aliphatic rings. The van der Waals surface area contributed by atoms with Gasteiger partial charge in [0.2, 0.25) is 0 Å². The number of rotatable bonds is 4. The van der Waals surface area contributed by atoms with Gasteiger partial charge in [-0.2, -0.15) is 0 Å². The van der Waals surface area contributed by atoms with E-state index in [-0.39, 0.29) is 6.04 Å². The van der Waals surface area contributed by atoms with Crippen molar-refractivity contribution in [1.29, 1.82) is 0 Å². The molecule has 2 aromatic rings. The Labute approximate surface area is 129 Å². The molecule has 0 fully saturated rings. The summed E-state index contributed by atoms with van der Waals surface area (Å²) >= 11 is 3.50. The highest BCUT2D eigenvalue weighted by atomic mass is 79.9. The van der Waals surface area contributed by atoms with Crippen molar-refractivity contribution >= 4 is 15.9 Å². The number of methoxy groups -OCH3 is 1. The first-order valence-electron chi connectivity index (χ1n) is 6.66.